The summed E-state index contributed by atoms with van der Waals surface area (Å²) >= 11 is 3.01. The number of amides is 1. The molecule has 2 rings (SSSR count). The highest BCUT2D eigenvalue weighted by Crippen LogP contribution is 2.12. The maximum atomic E-state index is 11.7. The van der Waals surface area contributed by atoms with Crippen LogP contribution >= 0.6 is 22.7 Å². The molecule has 0 spiro atoms. The number of aryl methyl sites for hydroxylation is 1. The van der Waals surface area contributed by atoms with Gasteiger partial charge in [-0.2, -0.15) is 0 Å². The molecule has 21 heavy (non-hydrogen) atoms. The highest BCUT2D eigenvalue weighted by atomic mass is 32.1. The number of hydrogen-bond acceptors (Lipinski definition) is 5. The molecule has 0 aliphatic heterocycles. The third-order valence-electron chi connectivity index (χ3n) is 2.84. The summed E-state index contributed by atoms with van der Waals surface area (Å²) in [6.45, 7) is 0.490. The zero-order chi connectivity index (χ0) is 15.1. The van der Waals surface area contributed by atoms with E-state index in [1.165, 1.54) is 21.6 Å². The normalized spacial score (nSPS) is 10.5. The zero-order valence-corrected chi connectivity index (χ0v) is 13.0. The molecular weight excluding hydrogens is 308 g/mol. The summed E-state index contributed by atoms with van der Waals surface area (Å²) in [6.07, 6.45) is 2.84. The molecule has 0 radical (unpaired) electrons. The Balaban J connectivity index is 1.61. The molecule has 1 amide bonds. The van der Waals surface area contributed by atoms with Crippen LogP contribution in [0, 0.1) is 0 Å². The van der Waals surface area contributed by atoms with Gasteiger partial charge in [-0.15, -0.1) is 22.7 Å². The Morgan fingerprint density at radius 3 is 2.81 bits per heavy atom. The molecule has 0 unspecified atom stereocenters. The Bertz CT molecular complexity index is 593. The number of thiazole rings is 1. The maximum Gasteiger partial charge on any atom is 0.355 e. The van der Waals surface area contributed by atoms with Gasteiger partial charge in [-0.05, 0) is 24.3 Å². The minimum atomic E-state index is -1.02. The number of carboxylic acid groups (broad SMARTS) is 1. The van der Waals surface area contributed by atoms with E-state index in [0.29, 0.717) is 19.4 Å². The van der Waals surface area contributed by atoms with Crippen LogP contribution in [0.15, 0.2) is 22.9 Å². The number of aromatic carboxylic acids is 1. The fourth-order valence-electron chi connectivity index (χ4n) is 1.80. The molecule has 0 saturated carbocycles. The predicted octanol–water partition coefficient (Wildman–Crippen LogP) is 2.58. The van der Waals surface area contributed by atoms with E-state index < -0.39 is 5.97 Å². The number of nitrogens with one attached hydrogen (secondary N) is 1. The van der Waals surface area contributed by atoms with Crippen molar-refractivity contribution in [1.82, 2.24) is 10.3 Å². The van der Waals surface area contributed by atoms with Crippen molar-refractivity contribution in [2.45, 2.75) is 25.7 Å². The summed E-state index contributed by atoms with van der Waals surface area (Å²) in [5.74, 6) is -0.989. The summed E-state index contributed by atoms with van der Waals surface area (Å²) in [5, 5.41) is 15.9. The summed E-state index contributed by atoms with van der Waals surface area (Å²) in [4.78, 5) is 27.6. The average Bonchev–Trinajstić information content (AvgIpc) is 3.09. The van der Waals surface area contributed by atoms with Gasteiger partial charge in [0.1, 0.15) is 0 Å². The highest BCUT2D eigenvalue weighted by molar-refractivity contribution is 7.10. The molecular formula is C14H16N2O3S2. The zero-order valence-electron chi connectivity index (χ0n) is 11.4. The van der Waals surface area contributed by atoms with Gasteiger partial charge in [-0.1, -0.05) is 6.07 Å². The molecule has 2 N–H and O–H groups in total. The first-order valence-corrected chi connectivity index (χ1v) is 8.38. The molecule has 0 saturated heterocycles. The third kappa shape index (κ3) is 5.28. The number of carbonyl (C=O) groups excluding carboxylic acids is 1. The lowest BCUT2D eigenvalue weighted by molar-refractivity contribution is -0.121. The summed E-state index contributed by atoms with van der Waals surface area (Å²) < 4.78 is 0. The summed E-state index contributed by atoms with van der Waals surface area (Å²) in [5.41, 5.74) is 0.0669. The Labute approximate surface area is 130 Å². The number of carboxylic acids is 1. The number of thiophene rings is 1. The first-order chi connectivity index (χ1) is 10.1. The van der Waals surface area contributed by atoms with Crippen molar-refractivity contribution >= 4 is 34.6 Å². The van der Waals surface area contributed by atoms with E-state index in [9.17, 15) is 9.59 Å². The van der Waals surface area contributed by atoms with E-state index in [0.717, 1.165) is 17.8 Å². The van der Waals surface area contributed by atoms with Crippen LogP contribution in [0.4, 0.5) is 0 Å². The largest absolute Gasteiger partial charge is 0.476 e. The molecule has 0 bridgehead atoms. The number of carbonyl (C=O) groups is 2. The number of hydrogen-bond donors (Lipinski definition) is 2. The Kier molecular flexibility index (Phi) is 5.89. The lowest BCUT2D eigenvalue weighted by Gasteiger charge is -2.03. The molecule has 2 aromatic heterocycles. The molecule has 7 heteroatoms. The SMILES string of the molecule is O=C(CCCc1cccs1)NCCc1nc(C(=O)O)cs1. The quantitative estimate of drug-likeness (QED) is 0.782. The standard InChI is InChI=1S/C14H16N2O3S2/c17-12(5-1-3-10-4-2-8-20-10)15-7-6-13-16-11(9-21-13)14(18)19/h2,4,8-9H,1,3,5-7H2,(H,15,17)(H,18,19). The molecule has 0 aromatic carbocycles. The van der Waals surface area contributed by atoms with Crippen LogP contribution in [0.3, 0.4) is 0 Å². The van der Waals surface area contributed by atoms with Crippen molar-refractivity contribution in [2.75, 3.05) is 6.54 Å². The van der Waals surface area contributed by atoms with Gasteiger partial charge in [0, 0.05) is 29.6 Å². The Hall–Kier alpha value is -1.73. The minimum Gasteiger partial charge on any atom is -0.476 e. The van der Waals surface area contributed by atoms with E-state index in [1.54, 1.807) is 11.3 Å². The molecule has 112 valence electrons. The minimum absolute atomic E-state index is 0.0292. The molecule has 0 fully saturated rings. The molecule has 2 aromatic rings. The lowest BCUT2D eigenvalue weighted by Crippen LogP contribution is -2.25. The topological polar surface area (TPSA) is 79.3 Å². The van der Waals surface area contributed by atoms with Gasteiger partial charge in [0.2, 0.25) is 5.91 Å². The second kappa shape index (κ2) is 7.90. The summed E-state index contributed by atoms with van der Waals surface area (Å²) in [6, 6.07) is 4.09. The van der Waals surface area contributed by atoms with Gasteiger partial charge in [0.15, 0.2) is 5.69 Å². The third-order valence-corrected chi connectivity index (χ3v) is 4.68. The number of aromatic nitrogens is 1. The first kappa shape index (κ1) is 15.7. The van der Waals surface area contributed by atoms with Crippen LogP contribution in [-0.2, 0) is 17.6 Å². The van der Waals surface area contributed by atoms with Crippen LogP contribution < -0.4 is 5.32 Å². The van der Waals surface area contributed by atoms with Crippen LogP contribution in [0.25, 0.3) is 0 Å². The Morgan fingerprint density at radius 2 is 2.14 bits per heavy atom. The Morgan fingerprint density at radius 1 is 1.29 bits per heavy atom. The highest BCUT2D eigenvalue weighted by Gasteiger charge is 2.08. The van der Waals surface area contributed by atoms with Crippen LogP contribution in [0.5, 0.6) is 0 Å². The molecule has 5 nitrogen and oxygen atoms in total. The first-order valence-electron chi connectivity index (χ1n) is 6.62. The molecule has 0 atom stereocenters. The van der Waals surface area contributed by atoms with Gasteiger partial charge in [-0.25, -0.2) is 9.78 Å². The monoisotopic (exact) mass is 324 g/mol. The molecule has 2 heterocycles. The smallest absolute Gasteiger partial charge is 0.355 e. The van der Waals surface area contributed by atoms with Gasteiger partial charge in [0.25, 0.3) is 0 Å². The second-order valence-corrected chi connectivity index (χ2v) is 6.44. The van der Waals surface area contributed by atoms with Crippen LogP contribution in [0.1, 0.15) is 33.2 Å². The van der Waals surface area contributed by atoms with Crippen LogP contribution in [0.2, 0.25) is 0 Å². The molecule has 0 aliphatic rings. The van der Waals surface area contributed by atoms with E-state index in [2.05, 4.69) is 16.4 Å². The van der Waals surface area contributed by atoms with Crippen molar-refractivity contribution in [3.63, 3.8) is 0 Å². The average molecular weight is 324 g/mol. The van der Waals surface area contributed by atoms with E-state index in [4.69, 9.17) is 5.11 Å². The van der Waals surface area contributed by atoms with Crippen LogP contribution in [-0.4, -0.2) is 28.5 Å². The number of rotatable bonds is 8. The van der Waals surface area contributed by atoms with E-state index >= 15 is 0 Å². The second-order valence-electron chi connectivity index (χ2n) is 4.46. The van der Waals surface area contributed by atoms with Gasteiger partial charge < -0.3 is 10.4 Å². The van der Waals surface area contributed by atoms with E-state index in [1.807, 2.05) is 11.4 Å². The van der Waals surface area contributed by atoms with E-state index in [-0.39, 0.29) is 11.6 Å². The summed E-state index contributed by atoms with van der Waals surface area (Å²) in [7, 11) is 0. The van der Waals surface area contributed by atoms with Gasteiger partial charge >= 0.3 is 5.97 Å². The van der Waals surface area contributed by atoms with Gasteiger partial charge in [0.05, 0.1) is 5.01 Å². The van der Waals surface area contributed by atoms with Crippen molar-refractivity contribution in [1.29, 1.82) is 0 Å². The lowest BCUT2D eigenvalue weighted by atomic mass is 10.2. The van der Waals surface area contributed by atoms with Crippen molar-refractivity contribution < 1.29 is 14.7 Å². The fourth-order valence-corrected chi connectivity index (χ4v) is 3.32. The number of nitrogens with zero attached hydrogens (tertiary/aromatic N) is 1. The molecule has 0 aliphatic carbocycles. The maximum absolute atomic E-state index is 11.7. The van der Waals surface area contributed by atoms with Crippen molar-refractivity contribution in [2.24, 2.45) is 0 Å². The van der Waals surface area contributed by atoms with Crippen molar-refractivity contribution in [3.05, 3.63) is 38.5 Å². The predicted molar refractivity (Wildman–Crippen MR) is 83.0 cm³/mol. The van der Waals surface area contributed by atoms with Crippen molar-refractivity contribution in [3.8, 4) is 0 Å². The fraction of sp³-hybridized carbons (Fsp3) is 0.357. The van der Waals surface area contributed by atoms with Gasteiger partial charge in [-0.3, -0.25) is 4.79 Å².